The molecule has 0 aromatic heterocycles. The molecule has 0 spiro atoms. The SMILES string of the molecule is COCO[C@@H]1/C=C/[C@H](OCOC)[C@@H](O[Si](C)(C)C(C)(C)C)CC/C=C/C=C(\C)C[C@H]([C@H](C)/C=C(\C)CO[Si](C)(C)C(C)(C)C)OC(=O)/C=C/CCC1. The van der Waals surface area contributed by atoms with E-state index in [1.807, 2.05) is 6.08 Å². The standard InChI is InChI=1S/C42H76O8Si2/c1-33-22-18-16-20-24-38(50-52(14,15)42(7,8)9)37(47-32-45-11)27-26-36(46-31-44-10)23-19-17-21-25-40(43)49-39(29-33)35(3)28-34(2)30-48-51(12,13)41(4,5)6/h16,18,21-22,25-28,35-39H,17,19-20,23-24,29-32H2,1-15H3/b18-16+,25-21+,27-26+,33-22+,34-28+/t35-,36+,37+,38+,39-/m1/s1. The zero-order chi connectivity index (χ0) is 39.6. The molecule has 5 atom stereocenters. The lowest BCUT2D eigenvalue weighted by atomic mass is 9.95. The fraction of sp³-hybridized carbons (Fsp3) is 0.738. The van der Waals surface area contributed by atoms with Gasteiger partial charge in [0.15, 0.2) is 16.6 Å². The van der Waals surface area contributed by atoms with Crippen LogP contribution in [0.3, 0.4) is 0 Å². The van der Waals surface area contributed by atoms with Crippen molar-refractivity contribution in [1.82, 2.24) is 0 Å². The van der Waals surface area contributed by atoms with Crippen molar-refractivity contribution in [1.29, 1.82) is 0 Å². The van der Waals surface area contributed by atoms with E-state index in [0.29, 0.717) is 19.4 Å². The molecule has 52 heavy (non-hydrogen) atoms. The van der Waals surface area contributed by atoms with Gasteiger partial charge in [-0.2, -0.15) is 0 Å². The third-order valence-corrected chi connectivity index (χ3v) is 19.5. The van der Waals surface area contributed by atoms with Gasteiger partial charge in [-0.05, 0) is 82.2 Å². The predicted octanol–water partition coefficient (Wildman–Crippen LogP) is 10.8. The molecule has 0 aromatic carbocycles. The zero-order valence-electron chi connectivity index (χ0n) is 35.6. The number of cyclic esters (lactones) is 1. The molecule has 0 saturated carbocycles. The van der Waals surface area contributed by atoms with Crippen molar-refractivity contribution in [2.45, 2.75) is 162 Å². The van der Waals surface area contributed by atoms with E-state index in [1.165, 1.54) is 0 Å². The quantitative estimate of drug-likeness (QED) is 0.0794. The predicted molar refractivity (Wildman–Crippen MR) is 220 cm³/mol. The van der Waals surface area contributed by atoms with Gasteiger partial charge in [0.2, 0.25) is 0 Å². The van der Waals surface area contributed by atoms with E-state index in [-0.39, 0.29) is 60.0 Å². The summed E-state index contributed by atoms with van der Waals surface area (Å²) in [5.74, 6) is -0.315. The van der Waals surface area contributed by atoms with Gasteiger partial charge in [0.25, 0.3) is 0 Å². The van der Waals surface area contributed by atoms with Crippen LogP contribution in [-0.4, -0.2) is 81.4 Å². The van der Waals surface area contributed by atoms with Gasteiger partial charge in [-0.3, -0.25) is 0 Å². The number of methoxy groups -OCH3 is 2. The highest BCUT2D eigenvalue weighted by molar-refractivity contribution is 6.74. The zero-order valence-corrected chi connectivity index (χ0v) is 37.6. The highest BCUT2D eigenvalue weighted by Gasteiger charge is 2.41. The number of hydrogen-bond acceptors (Lipinski definition) is 8. The van der Waals surface area contributed by atoms with Crippen LogP contribution in [0.2, 0.25) is 36.3 Å². The molecular formula is C42H76O8Si2. The Balaban J connectivity index is 3.43. The number of carbonyl (C=O) groups excluding carboxylic acids is 1. The largest absolute Gasteiger partial charge is 0.458 e. The number of rotatable bonds is 13. The van der Waals surface area contributed by atoms with E-state index in [9.17, 15) is 4.79 Å². The van der Waals surface area contributed by atoms with Gasteiger partial charge in [-0.15, -0.1) is 0 Å². The second kappa shape index (κ2) is 23.3. The maximum absolute atomic E-state index is 13.1. The first kappa shape index (κ1) is 48.4. The molecule has 0 fully saturated rings. The molecule has 10 heteroatoms. The Morgan fingerprint density at radius 2 is 1.56 bits per heavy atom. The molecule has 0 unspecified atom stereocenters. The van der Waals surface area contributed by atoms with Crippen molar-refractivity contribution >= 4 is 22.6 Å². The third-order valence-electron chi connectivity index (χ3n) is 10.6. The lowest BCUT2D eigenvalue weighted by molar-refractivity contribution is -0.144. The van der Waals surface area contributed by atoms with Crippen molar-refractivity contribution in [2.75, 3.05) is 34.4 Å². The summed E-state index contributed by atoms with van der Waals surface area (Å²) in [6.07, 6.45) is 19.7. The van der Waals surface area contributed by atoms with Crippen LogP contribution < -0.4 is 0 Å². The van der Waals surface area contributed by atoms with Gasteiger partial charge < -0.3 is 32.5 Å². The van der Waals surface area contributed by atoms with Crippen molar-refractivity contribution in [2.24, 2.45) is 5.92 Å². The fourth-order valence-corrected chi connectivity index (χ4v) is 7.52. The molecule has 0 bridgehead atoms. The van der Waals surface area contributed by atoms with Crippen LogP contribution in [0.25, 0.3) is 0 Å². The molecule has 0 N–H and O–H groups in total. The molecular weight excluding hydrogens is 689 g/mol. The normalized spacial score (nSPS) is 26.5. The Bertz CT molecular complexity index is 1190. The second-order valence-electron chi connectivity index (χ2n) is 17.4. The smallest absolute Gasteiger partial charge is 0.330 e. The van der Waals surface area contributed by atoms with E-state index in [2.05, 4.69) is 125 Å². The summed E-state index contributed by atoms with van der Waals surface area (Å²) in [6, 6.07) is 0. The molecule has 0 amide bonds. The minimum atomic E-state index is -2.13. The minimum absolute atomic E-state index is 0.00769. The Morgan fingerprint density at radius 1 is 0.923 bits per heavy atom. The molecule has 0 saturated heterocycles. The summed E-state index contributed by atoms with van der Waals surface area (Å²) >= 11 is 0. The molecule has 8 nitrogen and oxygen atoms in total. The van der Waals surface area contributed by atoms with Gasteiger partial charge >= 0.3 is 5.97 Å². The average molecular weight is 765 g/mol. The Hall–Kier alpha value is -1.64. The number of hydrogen-bond donors (Lipinski definition) is 0. The van der Waals surface area contributed by atoms with Crippen molar-refractivity contribution in [3.63, 3.8) is 0 Å². The highest BCUT2D eigenvalue weighted by Crippen LogP contribution is 2.39. The van der Waals surface area contributed by atoms with Crippen LogP contribution in [0.15, 0.2) is 59.8 Å². The number of ether oxygens (including phenoxy) is 5. The van der Waals surface area contributed by atoms with E-state index >= 15 is 0 Å². The van der Waals surface area contributed by atoms with E-state index in [0.717, 1.165) is 36.8 Å². The summed E-state index contributed by atoms with van der Waals surface area (Å²) in [6.45, 7) is 29.9. The first-order valence-corrected chi connectivity index (χ1v) is 25.0. The molecule has 0 aromatic rings. The Morgan fingerprint density at radius 3 is 2.17 bits per heavy atom. The second-order valence-corrected chi connectivity index (χ2v) is 27.0. The van der Waals surface area contributed by atoms with E-state index < -0.39 is 16.6 Å². The number of allylic oxidation sites excluding steroid dienone is 4. The van der Waals surface area contributed by atoms with E-state index in [1.54, 1.807) is 20.3 Å². The fourth-order valence-electron chi connectivity index (χ4n) is 5.13. The van der Waals surface area contributed by atoms with Gasteiger partial charge in [-0.25, -0.2) is 4.79 Å². The van der Waals surface area contributed by atoms with Crippen LogP contribution >= 0.6 is 0 Å². The van der Waals surface area contributed by atoms with Gasteiger partial charge in [-0.1, -0.05) is 102 Å². The van der Waals surface area contributed by atoms with Gasteiger partial charge in [0.05, 0.1) is 18.8 Å². The maximum atomic E-state index is 13.1. The summed E-state index contributed by atoms with van der Waals surface area (Å²) < 4.78 is 42.5. The molecule has 0 aliphatic carbocycles. The first-order valence-electron chi connectivity index (χ1n) is 19.2. The topological polar surface area (TPSA) is 81.7 Å². The third kappa shape index (κ3) is 18.6. The number of carbonyl (C=O) groups is 1. The van der Waals surface area contributed by atoms with Gasteiger partial charge in [0, 0.05) is 32.6 Å². The molecule has 300 valence electrons. The van der Waals surface area contributed by atoms with Crippen LogP contribution in [0.4, 0.5) is 0 Å². The lowest BCUT2D eigenvalue weighted by Gasteiger charge is -2.41. The van der Waals surface area contributed by atoms with Crippen molar-refractivity contribution < 1.29 is 37.3 Å². The lowest BCUT2D eigenvalue weighted by Crippen LogP contribution is -2.47. The summed E-state index contributed by atoms with van der Waals surface area (Å²) in [7, 11) is -0.752. The van der Waals surface area contributed by atoms with Crippen LogP contribution in [0.1, 0.15) is 101 Å². The van der Waals surface area contributed by atoms with Crippen molar-refractivity contribution in [3.05, 3.63) is 59.8 Å². The molecule has 1 aliphatic rings. The maximum Gasteiger partial charge on any atom is 0.330 e. The molecule has 1 aliphatic heterocycles. The Kier molecular flexibility index (Phi) is 21.7. The summed E-state index contributed by atoms with van der Waals surface area (Å²) in [5.41, 5.74) is 2.29. The Labute approximate surface area is 320 Å². The summed E-state index contributed by atoms with van der Waals surface area (Å²) in [4.78, 5) is 13.1. The van der Waals surface area contributed by atoms with Crippen LogP contribution in [-0.2, 0) is 37.3 Å². The molecule has 0 radical (unpaired) electrons. The average Bonchev–Trinajstić information content (AvgIpc) is 3.03. The number of esters is 1. The van der Waals surface area contributed by atoms with Crippen LogP contribution in [0, 0.1) is 5.92 Å². The van der Waals surface area contributed by atoms with E-state index in [4.69, 9.17) is 32.5 Å². The molecule has 1 heterocycles. The monoisotopic (exact) mass is 765 g/mol. The molecule has 1 rings (SSSR count). The van der Waals surface area contributed by atoms with Gasteiger partial charge in [0.1, 0.15) is 25.8 Å². The van der Waals surface area contributed by atoms with Crippen LogP contribution in [0.5, 0.6) is 0 Å². The minimum Gasteiger partial charge on any atom is -0.458 e. The highest BCUT2D eigenvalue weighted by atomic mass is 28.4. The first-order chi connectivity index (χ1) is 24.1. The van der Waals surface area contributed by atoms with Crippen molar-refractivity contribution in [3.8, 4) is 0 Å². The summed E-state index contributed by atoms with van der Waals surface area (Å²) in [5, 5.41) is 0.185.